The highest BCUT2D eigenvalue weighted by molar-refractivity contribution is 5.80. The number of nitriles is 1. The summed E-state index contributed by atoms with van der Waals surface area (Å²) in [4.78, 5) is 11.3. The summed E-state index contributed by atoms with van der Waals surface area (Å²) in [7, 11) is 0. The van der Waals surface area contributed by atoms with Crippen molar-refractivity contribution in [1.82, 2.24) is 5.32 Å². The van der Waals surface area contributed by atoms with Crippen molar-refractivity contribution in [2.45, 2.75) is 19.9 Å². The molecule has 1 aromatic carbocycles. The predicted molar refractivity (Wildman–Crippen MR) is 62.8 cm³/mol. The number of halogens is 2. The second kappa shape index (κ2) is 5.96. The molecular formula is C12H13F2N3O. The molecule has 2 N–H and O–H groups in total. The molecule has 0 unspecified atom stereocenters. The van der Waals surface area contributed by atoms with E-state index >= 15 is 0 Å². The molecule has 1 rings (SSSR count). The van der Waals surface area contributed by atoms with Crippen LogP contribution in [0.1, 0.15) is 19.4 Å². The molecular weight excluding hydrogens is 240 g/mol. The molecule has 0 saturated heterocycles. The number of anilines is 1. The SMILES string of the molecule is CC(C)NC(=O)CNc1ccc(C#N)c(F)c1F. The molecule has 18 heavy (non-hydrogen) atoms. The zero-order valence-electron chi connectivity index (χ0n) is 10.1. The molecule has 0 fully saturated rings. The molecule has 1 amide bonds. The Kier molecular flexibility index (Phi) is 4.60. The predicted octanol–water partition coefficient (Wildman–Crippen LogP) is 1.77. The van der Waals surface area contributed by atoms with Gasteiger partial charge >= 0.3 is 0 Å². The van der Waals surface area contributed by atoms with Crippen LogP contribution >= 0.6 is 0 Å². The van der Waals surface area contributed by atoms with E-state index in [9.17, 15) is 13.6 Å². The number of amides is 1. The van der Waals surface area contributed by atoms with Crippen LogP contribution in [-0.4, -0.2) is 18.5 Å². The van der Waals surface area contributed by atoms with Gasteiger partial charge in [-0.15, -0.1) is 0 Å². The quantitative estimate of drug-likeness (QED) is 0.859. The van der Waals surface area contributed by atoms with Crippen molar-refractivity contribution < 1.29 is 13.6 Å². The molecule has 1 aromatic rings. The maximum Gasteiger partial charge on any atom is 0.239 e. The number of nitrogens with one attached hydrogen (secondary N) is 2. The molecule has 0 atom stereocenters. The normalized spacial score (nSPS) is 10.0. The average Bonchev–Trinajstić information content (AvgIpc) is 2.30. The molecule has 96 valence electrons. The molecule has 0 heterocycles. The summed E-state index contributed by atoms with van der Waals surface area (Å²) in [6.45, 7) is 3.42. The molecule has 4 nitrogen and oxygen atoms in total. The minimum atomic E-state index is -1.22. The van der Waals surface area contributed by atoms with Gasteiger partial charge in [0.05, 0.1) is 17.8 Å². The molecule has 0 aliphatic heterocycles. The van der Waals surface area contributed by atoms with E-state index in [-0.39, 0.29) is 29.7 Å². The average molecular weight is 253 g/mol. The highest BCUT2D eigenvalue weighted by atomic mass is 19.2. The first-order valence-corrected chi connectivity index (χ1v) is 5.37. The Morgan fingerprint density at radius 1 is 1.39 bits per heavy atom. The van der Waals surface area contributed by atoms with Crippen LogP contribution in [-0.2, 0) is 4.79 Å². The van der Waals surface area contributed by atoms with Crippen LogP contribution in [0.5, 0.6) is 0 Å². The van der Waals surface area contributed by atoms with Gasteiger partial charge in [-0.2, -0.15) is 5.26 Å². The highest BCUT2D eigenvalue weighted by Crippen LogP contribution is 2.19. The van der Waals surface area contributed by atoms with Gasteiger partial charge in [0.1, 0.15) is 6.07 Å². The fraction of sp³-hybridized carbons (Fsp3) is 0.333. The van der Waals surface area contributed by atoms with Crippen LogP contribution < -0.4 is 10.6 Å². The molecule has 0 aromatic heterocycles. The van der Waals surface area contributed by atoms with E-state index in [1.54, 1.807) is 13.8 Å². The summed E-state index contributed by atoms with van der Waals surface area (Å²) in [5.41, 5.74) is -0.518. The lowest BCUT2D eigenvalue weighted by atomic mass is 10.2. The van der Waals surface area contributed by atoms with Crippen molar-refractivity contribution in [1.29, 1.82) is 5.26 Å². The van der Waals surface area contributed by atoms with Gasteiger partial charge in [0.2, 0.25) is 5.91 Å². The van der Waals surface area contributed by atoms with Crippen LogP contribution in [0.4, 0.5) is 14.5 Å². The van der Waals surface area contributed by atoms with Gasteiger partial charge in [0.25, 0.3) is 0 Å². The third-order valence-corrected chi connectivity index (χ3v) is 2.09. The summed E-state index contributed by atoms with van der Waals surface area (Å²) in [5.74, 6) is -2.70. The Labute approximate surface area is 104 Å². The van der Waals surface area contributed by atoms with Crippen molar-refractivity contribution in [3.8, 4) is 6.07 Å². The van der Waals surface area contributed by atoms with Crippen LogP contribution in [0.25, 0.3) is 0 Å². The Balaban J connectivity index is 2.73. The number of hydrogen-bond acceptors (Lipinski definition) is 3. The molecule has 0 radical (unpaired) electrons. The number of carbonyl (C=O) groups is 1. The molecule has 0 aliphatic rings. The first kappa shape index (κ1) is 13.9. The van der Waals surface area contributed by atoms with Gasteiger partial charge in [0, 0.05) is 6.04 Å². The van der Waals surface area contributed by atoms with E-state index in [4.69, 9.17) is 5.26 Å². The van der Waals surface area contributed by atoms with Gasteiger partial charge in [-0.3, -0.25) is 4.79 Å². The standard InChI is InChI=1S/C12H13F2N3O/c1-7(2)17-10(18)6-16-9-4-3-8(5-15)11(13)12(9)14/h3-4,7,16H,6H2,1-2H3,(H,17,18). The lowest BCUT2D eigenvalue weighted by Gasteiger charge is -2.11. The second-order valence-corrected chi connectivity index (χ2v) is 3.98. The molecule has 0 spiro atoms. The topological polar surface area (TPSA) is 64.9 Å². The van der Waals surface area contributed by atoms with Crippen molar-refractivity contribution in [3.63, 3.8) is 0 Å². The fourth-order valence-corrected chi connectivity index (χ4v) is 1.32. The van der Waals surface area contributed by atoms with Gasteiger partial charge < -0.3 is 10.6 Å². The fourth-order valence-electron chi connectivity index (χ4n) is 1.32. The van der Waals surface area contributed by atoms with E-state index in [0.717, 1.165) is 6.07 Å². The largest absolute Gasteiger partial charge is 0.374 e. The number of benzene rings is 1. The maximum atomic E-state index is 13.4. The van der Waals surface area contributed by atoms with E-state index < -0.39 is 11.6 Å². The Bertz CT molecular complexity index is 495. The molecule has 0 bridgehead atoms. The summed E-state index contributed by atoms with van der Waals surface area (Å²) in [6.07, 6.45) is 0. The first-order chi connectivity index (χ1) is 8.45. The number of hydrogen-bond donors (Lipinski definition) is 2. The summed E-state index contributed by atoms with van der Waals surface area (Å²) in [6, 6.07) is 3.88. The molecule has 0 aliphatic carbocycles. The highest BCUT2D eigenvalue weighted by Gasteiger charge is 2.13. The molecule has 0 saturated carbocycles. The van der Waals surface area contributed by atoms with E-state index in [2.05, 4.69) is 10.6 Å². The maximum absolute atomic E-state index is 13.4. The van der Waals surface area contributed by atoms with E-state index in [0.29, 0.717) is 0 Å². The monoisotopic (exact) mass is 253 g/mol. The Morgan fingerprint density at radius 2 is 2.06 bits per heavy atom. The van der Waals surface area contributed by atoms with Crippen molar-refractivity contribution in [2.75, 3.05) is 11.9 Å². The summed E-state index contributed by atoms with van der Waals surface area (Å²) >= 11 is 0. The van der Waals surface area contributed by atoms with Crippen LogP contribution in [0, 0.1) is 23.0 Å². The van der Waals surface area contributed by atoms with Crippen molar-refractivity contribution >= 4 is 11.6 Å². The number of rotatable bonds is 4. The second-order valence-electron chi connectivity index (χ2n) is 3.98. The van der Waals surface area contributed by atoms with Crippen molar-refractivity contribution in [2.24, 2.45) is 0 Å². The van der Waals surface area contributed by atoms with Gasteiger partial charge in [0.15, 0.2) is 11.6 Å². The van der Waals surface area contributed by atoms with Crippen LogP contribution in [0.15, 0.2) is 12.1 Å². The lowest BCUT2D eigenvalue weighted by molar-refractivity contribution is -0.119. The minimum absolute atomic E-state index is 0.0261. The number of carbonyl (C=O) groups excluding carboxylic acids is 1. The number of nitrogens with zero attached hydrogens (tertiary/aromatic N) is 1. The van der Waals surface area contributed by atoms with Crippen LogP contribution in [0.2, 0.25) is 0 Å². The van der Waals surface area contributed by atoms with E-state index in [1.165, 1.54) is 12.1 Å². The third kappa shape index (κ3) is 3.42. The zero-order valence-corrected chi connectivity index (χ0v) is 10.1. The third-order valence-electron chi connectivity index (χ3n) is 2.09. The van der Waals surface area contributed by atoms with Crippen LogP contribution in [0.3, 0.4) is 0 Å². The minimum Gasteiger partial charge on any atom is -0.374 e. The Morgan fingerprint density at radius 3 is 2.61 bits per heavy atom. The first-order valence-electron chi connectivity index (χ1n) is 5.37. The van der Waals surface area contributed by atoms with Crippen molar-refractivity contribution in [3.05, 3.63) is 29.3 Å². The van der Waals surface area contributed by atoms with E-state index in [1.807, 2.05) is 0 Å². The lowest BCUT2D eigenvalue weighted by Crippen LogP contribution is -2.35. The molecule has 6 heteroatoms. The van der Waals surface area contributed by atoms with Gasteiger partial charge in [-0.25, -0.2) is 8.78 Å². The zero-order chi connectivity index (χ0) is 13.7. The summed E-state index contributed by atoms with van der Waals surface area (Å²) in [5, 5.41) is 13.6. The Hall–Kier alpha value is -2.16. The summed E-state index contributed by atoms with van der Waals surface area (Å²) < 4.78 is 26.7. The van der Waals surface area contributed by atoms with Gasteiger partial charge in [-0.05, 0) is 26.0 Å². The smallest absolute Gasteiger partial charge is 0.239 e. The van der Waals surface area contributed by atoms with Gasteiger partial charge in [-0.1, -0.05) is 0 Å².